The minimum absolute atomic E-state index is 0.234. The molecule has 0 saturated carbocycles. The number of hydrogen-bond acceptors (Lipinski definition) is 4. The predicted molar refractivity (Wildman–Crippen MR) is 58.9 cm³/mol. The van der Waals surface area contributed by atoms with Crippen LogP contribution in [-0.2, 0) is 0 Å². The summed E-state index contributed by atoms with van der Waals surface area (Å²) in [4.78, 5) is 4.01. The van der Waals surface area contributed by atoms with E-state index in [2.05, 4.69) is 10.3 Å². The van der Waals surface area contributed by atoms with Gasteiger partial charge in [-0.05, 0) is 20.0 Å². The molecule has 0 aliphatic carbocycles. The van der Waals surface area contributed by atoms with Gasteiger partial charge >= 0.3 is 0 Å². The van der Waals surface area contributed by atoms with Crippen molar-refractivity contribution >= 4 is 11.6 Å². The molecule has 0 spiro atoms. The highest BCUT2D eigenvalue weighted by atomic mass is 35.5. The highest BCUT2D eigenvalue weighted by Gasteiger charge is 2.20. The first-order valence-corrected chi connectivity index (χ1v) is 5.08. The van der Waals surface area contributed by atoms with Crippen molar-refractivity contribution in [3.05, 3.63) is 28.5 Å². The molecule has 1 heterocycles. The van der Waals surface area contributed by atoms with Crippen LogP contribution in [-0.4, -0.2) is 34.9 Å². The number of pyridine rings is 1. The Morgan fingerprint density at radius 1 is 1.47 bits per heavy atom. The Hall–Kier alpha value is -0.680. The molecule has 0 radical (unpaired) electrons. The van der Waals surface area contributed by atoms with Gasteiger partial charge in [-0.15, -0.1) is 0 Å². The number of aliphatic hydroxyl groups is 2. The molecule has 1 rings (SSSR count). The lowest BCUT2D eigenvalue weighted by Crippen LogP contribution is -2.29. The Bertz CT molecular complexity index is 333. The number of aliphatic hydroxyl groups excluding tert-OH is 2. The van der Waals surface area contributed by atoms with Gasteiger partial charge in [-0.25, -0.2) is 4.98 Å². The monoisotopic (exact) mass is 230 g/mol. The van der Waals surface area contributed by atoms with Crippen LogP contribution in [0.1, 0.15) is 17.4 Å². The van der Waals surface area contributed by atoms with Crippen molar-refractivity contribution in [3.8, 4) is 0 Å². The van der Waals surface area contributed by atoms with Crippen LogP contribution in [0, 0.1) is 6.92 Å². The van der Waals surface area contributed by atoms with Gasteiger partial charge in [0.25, 0.3) is 0 Å². The van der Waals surface area contributed by atoms with E-state index in [-0.39, 0.29) is 5.15 Å². The zero-order valence-corrected chi connectivity index (χ0v) is 9.49. The molecule has 0 bridgehead atoms. The molecule has 5 heteroatoms. The highest BCUT2D eigenvalue weighted by Crippen LogP contribution is 2.23. The van der Waals surface area contributed by atoms with Crippen LogP contribution in [0.2, 0.25) is 5.15 Å². The van der Waals surface area contributed by atoms with Crippen LogP contribution >= 0.6 is 11.6 Å². The lowest BCUT2D eigenvalue weighted by atomic mass is 10.1. The Morgan fingerprint density at radius 2 is 2.13 bits per heavy atom. The molecule has 1 aromatic rings. The number of hydrogen-bond donors (Lipinski definition) is 3. The molecule has 0 aliphatic rings. The molecule has 2 atom stereocenters. The fraction of sp³-hybridized carbons (Fsp3) is 0.500. The SMILES string of the molecule is CNCC(O)C(O)c1ccc(C)nc1Cl. The summed E-state index contributed by atoms with van der Waals surface area (Å²) in [7, 11) is 1.70. The van der Waals surface area contributed by atoms with E-state index >= 15 is 0 Å². The smallest absolute Gasteiger partial charge is 0.135 e. The van der Waals surface area contributed by atoms with Gasteiger partial charge in [-0.2, -0.15) is 0 Å². The largest absolute Gasteiger partial charge is 0.389 e. The Labute approximate surface area is 93.9 Å². The summed E-state index contributed by atoms with van der Waals surface area (Å²) in [5.74, 6) is 0. The first kappa shape index (κ1) is 12.4. The molecule has 0 fully saturated rings. The first-order valence-electron chi connectivity index (χ1n) is 4.70. The number of aryl methyl sites for hydroxylation is 1. The van der Waals surface area contributed by atoms with Crippen molar-refractivity contribution < 1.29 is 10.2 Å². The minimum Gasteiger partial charge on any atom is -0.389 e. The van der Waals surface area contributed by atoms with E-state index in [0.717, 1.165) is 5.69 Å². The number of likely N-dealkylation sites (N-methyl/N-ethyl adjacent to an activating group) is 1. The molecule has 4 nitrogen and oxygen atoms in total. The molecule has 1 aromatic heterocycles. The van der Waals surface area contributed by atoms with Gasteiger partial charge in [0.05, 0.1) is 6.10 Å². The molecule has 3 N–H and O–H groups in total. The van der Waals surface area contributed by atoms with Crippen LogP contribution in [0.15, 0.2) is 12.1 Å². The third-order valence-electron chi connectivity index (χ3n) is 2.11. The number of nitrogens with zero attached hydrogens (tertiary/aromatic N) is 1. The van der Waals surface area contributed by atoms with E-state index in [9.17, 15) is 10.2 Å². The maximum Gasteiger partial charge on any atom is 0.135 e. The molecule has 84 valence electrons. The van der Waals surface area contributed by atoms with Crippen molar-refractivity contribution in [1.82, 2.24) is 10.3 Å². The van der Waals surface area contributed by atoms with Gasteiger partial charge in [0.15, 0.2) is 0 Å². The van der Waals surface area contributed by atoms with Crippen LogP contribution in [0.25, 0.3) is 0 Å². The van der Waals surface area contributed by atoms with Gasteiger partial charge in [0.1, 0.15) is 11.3 Å². The molecule has 0 amide bonds. The van der Waals surface area contributed by atoms with E-state index in [0.29, 0.717) is 12.1 Å². The Kier molecular flexibility index (Phi) is 4.47. The third kappa shape index (κ3) is 3.14. The molecular formula is C10H15ClN2O2. The number of aromatic nitrogens is 1. The maximum absolute atomic E-state index is 9.78. The van der Waals surface area contributed by atoms with E-state index in [1.165, 1.54) is 0 Å². The summed E-state index contributed by atoms with van der Waals surface area (Å²) in [6, 6.07) is 3.42. The number of nitrogens with one attached hydrogen (secondary N) is 1. The third-order valence-corrected chi connectivity index (χ3v) is 2.42. The van der Waals surface area contributed by atoms with Crippen molar-refractivity contribution in [2.24, 2.45) is 0 Å². The summed E-state index contributed by atoms with van der Waals surface area (Å²) in [5, 5.41) is 22.4. The van der Waals surface area contributed by atoms with Crippen molar-refractivity contribution in [2.45, 2.75) is 19.1 Å². The maximum atomic E-state index is 9.78. The Balaban J connectivity index is 2.86. The van der Waals surface area contributed by atoms with Crippen molar-refractivity contribution in [3.63, 3.8) is 0 Å². The standard InChI is InChI=1S/C10H15ClN2O2/c1-6-3-4-7(10(11)13-6)9(15)8(14)5-12-2/h3-4,8-9,12,14-15H,5H2,1-2H3. The number of halogens is 1. The summed E-state index contributed by atoms with van der Waals surface area (Å²) in [6.07, 6.45) is -1.91. The normalized spacial score (nSPS) is 15.0. The van der Waals surface area contributed by atoms with E-state index < -0.39 is 12.2 Å². The second-order valence-corrected chi connectivity index (χ2v) is 3.76. The van der Waals surface area contributed by atoms with Gasteiger partial charge < -0.3 is 15.5 Å². The minimum atomic E-state index is -1.02. The average Bonchev–Trinajstić information content (AvgIpc) is 2.17. The van der Waals surface area contributed by atoms with Gasteiger partial charge in [-0.3, -0.25) is 0 Å². The van der Waals surface area contributed by atoms with E-state index in [1.807, 2.05) is 6.92 Å². The second kappa shape index (κ2) is 5.42. The van der Waals surface area contributed by atoms with Crippen LogP contribution in [0.4, 0.5) is 0 Å². The molecule has 0 saturated heterocycles. The summed E-state index contributed by atoms with van der Waals surface area (Å²) < 4.78 is 0. The van der Waals surface area contributed by atoms with Crippen molar-refractivity contribution in [2.75, 3.05) is 13.6 Å². The van der Waals surface area contributed by atoms with E-state index in [4.69, 9.17) is 11.6 Å². The topological polar surface area (TPSA) is 65.4 Å². The molecular weight excluding hydrogens is 216 g/mol. The number of rotatable bonds is 4. The fourth-order valence-corrected chi connectivity index (χ4v) is 1.59. The van der Waals surface area contributed by atoms with Crippen molar-refractivity contribution in [1.29, 1.82) is 0 Å². The first-order chi connectivity index (χ1) is 7.06. The zero-order valence-electron chi connectivity index (χ0n) is 8.74. The highest BCUT2D eigenvalue weighted by molar-refractivity contribution is 6.30. The molecule has 0 aromatic carbocycles. The Morgan fingerprint density at radius 3 is 2.67 bits per heavy atom. The lowest BCUT2D eigenvalue weighted by Gasteiger charge is -2.18. The van der Waals surface area contributed by atoms with Gasteiger partial charge in [0.2, 0.25) is 0 Å². The molecule has 15 heavy (non-hydrogen) atoms. The average molecular weight is 231 g/mol. The van der Waals surface area contributed by atoms with Crippen LogP contribution < -0.4 is 5.32 Å². The van der Waals surface area contributed by atoms with Crippen LogP contribution in [0.5, 0.6) is 0 Å². The fourth-order valence-electron chi connectivity index (χ4n) is 1.28. The van der Waals surface area contributed by atoms with Crippen LogP contribution in [0.3, 0.4) is 0 Å². The second-order valence-electron chi connectivity index (χ2n) is 3.40. The molecule has 0 aliphatic heterocycles. The molecule has 2 unspecified atom stereocenters. The summed E-state index contributed by atoms with van der Waals surface area (Å²) >= 11 is 5.87. The van der Waals surface area contributed by atoms with Gasteiger partial charge in [0, 0.05) is 17.8 Å². The lowest BCUT2D eigenvalue weighted by molar-refractivity contribution is 0.0201. The predicted octanol–water partition coefficient (Wildman–Crippen LogP) is 0.657. The van der Waals surface area contributed by atoms with Gasteiger partial charge in [-0.1, -0.05) is 17.7 Å². The zero-order chi connectivity index (χ0) is 11.4. The quantitative estimate of drug-likeness (QED) is 0.665. The summed E-state index contributed by atoms with van der Waals surface area (Å²) in [5.41, 5.74) is 1.23. The van der Waals surface area contributed by atoms with E-state index in [1.54, 1.807) is 19.2 Å². The summed E-state index contributed by atoms with van der Waals surface area (Å²) in [6.45, 7) is 2.11.